The van der Waals surface area contributed by atoms with E-state index < -0.39 is 0 Å². The summed E-state index contributed by atoms with van der Waals surface area (Å²) in [6, 6.07) is 7.58. The Kier molecular flexibility index (Phi) is 5.17. The molecule has 23 heavy (non-hydrogen) atoms. The highest BCUT2D eigenvalue weighted by atomic mass is 35.5. The Bertz CT molecular complexity index is 675. The van der Waals surface area contributed by atoms with Gasteiger partial charge in [-0.25, -0.2) is 0 Å². The summed E-state index contributed by atoms with van der Waals surface area (Å²) in [6.07, 6.45) is 3.37. The maximum Gasteiger partial charge on any atom is 0.233 e. The van der Waals surface area contributed by atoms with Crippen LogP contribution in [-0.2, 0) is 4.79 Å². The lowest BCUT2D eigenvalue weighted by Gasteiger charge is -2.33. The predicted molar refractivity (Wildman–Crippen MR) is 89.9 cm³/mol. The quantitative estimate of drug-likeness (QED) is 0.792. The van der Waals surface area contributed by atoms with Crippen molar-refractivity contribution in [1.29, 1.82) is 0 Å². The number of tetrazole rings is 1. The number of piperidine rings is 1. The van der Waals surface area contributed by atoms with Crippen molar-refractivity contribution in [3.63, 3.8) is 0 Å². The molecule has 0 spiro atoms. The van der Waals surface area contributed by atoms with Gasteiger partial charge in [-0.3, -0.25) is 4.79 Å². The van der Waals surface area contributed by atoms with Gasteiger partial charge in [0.05, 0.1) is 11.4 Å². The van der Waals surface area contributed by atoms with Crippen LogP contribution in [0.15, 0.2) is 29.4 Å². The van der Waals surface area contributed by atoms with E-state index in [9.17, 15) is 4.79 Å². The minimum Gasteiger partial charge on any atom is -0.339 e. The molecular formula is C15H18ClN5OS. The summed E-state index contributed by atoms with van der Waals surface area (Å²) >= 11 is 7.26. The standard InChI is InChI=1S/C15H18ClN5OS/c1-11-4-2-3-9-20(11)14(22)10-23-15-17-18-19-21(15)13-7-5-12(16)6-8-13/h5-8,11H,2-4,9-10H2,1H3/t11-/m0/s1. The number of thioether (sulfide) groups is 1. The first-order chi connectivity index (χ1) is 11.1. The highest BCUT2D eigenvalue weighted by Gasteiger charge is 2.23. The van der Waals surface area contributed by atoms with E-state index in [2.05, 4.69) is 22.4 Å². The molecule has 1 aliphatic rings. The normalized spacial score (nSPS) is 18.2. The van der Waals surface area contributed by atoms with Crippen LogP contribution in [-0.4, -0.2) is 49.4 Å². The topological polar surface area (TPSA) is 63.9 Å². The summed E-state index contributed by atoms with van der Waals surface area (Å²) in [6.45, 7) is 2.96. The van der Waals surface area contributed by atoms with E-state index in [4.69, 9.17) is 11.6 Å². The number of hydrogen-bond acceptors (Lipinski definition) is 5. The average Bonchev–Trinajstić information content (AvgIpc) is 3.02. The third-order valence-corrected chi connectivity index (χ3v) is 5.12. The van der Waals surface area contributed by atoms with Crippen molar-refractivity contribution < 1.29 is 4.79 Å². The number of rotatable bonds is 4. The number of aromatic nitrogens is 4. The summed E-state index contributed by atoms with van der Waals surface area (Å²) in [5, 5.41) is 13.0. The molecular weight excluding hydrogens is 334 g/mol. The number of carbonyl (C=O) groups excluding carboxylic acids is 1. The zero-order valence-corrected chi connectivity index (χ0v) is 14.4. The van der Waals surface area contributed by atoms with Crippen LogP contribution in [0, 0.1) is 0 Å². The van der Waals surface area contributed by atoms with Gasteiger partial charge >= 0.3 is 0 Å². The molecule has 1 amide bonds. The number of hydrogen-bond donors (Lipinski definition) is 0. The van der Waals surface area contributed by atoms with Gasteiger partial charge in [0, 0.05) is 17.6 Å². The molecule has 0 bridgehead atoms. The SMILES string of the molecule is C[C@H]1CCCCN1C(=O)CSc1nnnn1-c1ccc(Cl)cc1. The Hall–Kier alpha value is -1.60. The lowest BCUT2D eigenvalue weighted by Crippen LogP contribution is -2.42. The number of halogens is 1. The Morgan fingerprint density at radius 3 is 2.87 bits per heavy atom. The summed E-state index contributed by atoms with van der Waals surface area (Å²) in [5.74, 6) is 0.492. The molecule has 1 aliphatic heterocycles. The first-order valence-corrected chi connectivity index (χ1v) is 8.98. The largest absolute Gasteiger partial charge is 0.339 e. The fourth-order valence-corrected chi connectivity index (χ4v) is 3.59. The third kappa shape index (κ3) is 3.84. The van der Waals surface area contributed by atoms with Crippen LogP contribution in [0.25, 0.3) is 5.69 Å². The maximum absolute atomic E-state index is 12.4. The summed E-state index contributed by atoms with van der Waals surface area (Å²) in [4.78, 5) is 14.4. The third-order valence-electron chi connectivity index (χ3n) is 3.96. The number of carbonyl (C=O) groups is 1. The van der Waals surface area contributed by atoms with Crippen LogP contribution >= 0.6 is 23.4 Å². The van der Waals surface area contributed by atoms with Crippen LogP contribution in [0.2, 0.25) is 5.02 Å². The van der Waals surface area contributed by atoms with Crippen molar-refractivity contribution in [2.45, 2.75) is 37.4 Å². The molecule has 2 heterocycles. The van der Waals surface area contributed by atoms with Gasteiger partial charge in [0.15, 0.2) is 0 Å². The second-order valence-corrected chi connectivity index (χ2v) is 6.95. The molecule has 8 heteroatoms. The predicted octanol–water partition coefficient (Wildman–Crippen LogP) is 2.81. The molecule has 1 aromatic heterocycles. The zero-order chi connectivity index (χ0) is 16.2. The first kappa shape index (κ1) is 16.3. The Balaban J connectivity index is 1.66. The fraction of sp³-hybridized carbons (Fsp3) is 0.467. The van der Waals surface area contributed by atoms with Crippen molar-refractivity contribution in [1.82, 2.24) is 25.1 Å². The van der Waals surface area contributed by atoms with Gasteiger partial charge in [-0.05, 0) is 60.9 Å². The van der Waals surface area contributed by atoms with E-state index in [1.54, 1.807) is 16.8 Å². The molecule has 3 rings (SSSR count). The number of likely N-dealkylation sites (tertiary alicyclic amines) is 1. The van der Waals surface area contributed by atoms with E-state index in [1.807, 2.05) is 17.0 Å². The number of amides is 1. The Morgan fingerprint density at radius 2 is 2.13 bits per heavy atom. The molecule has 0 radical (unpaired) electrons. The molecule has 1 saturated heterocycles. The van der Waals surface area contributed by atoms with Gasteiger partial charge in [-0.1, -0.05) is 23.4 Å². The van der Waals surface area contributed by atoms with E-state index >= 15 is 0 Å². The highest BCUT2D eigenvalue weighted by molar-refractivity contribution is 7.99. The van der Waals surface area contributed by atoms with Crippen LogP contribution in [0.4, 0.5) is 0 Å². The maximum atomic E-state index is 12.4. The van der Waals surface area contributed by atoms with Crippen LogP contribution in [0.5, 0.6) is 0 Å². The summed E-state index contributed by atoms with van der Waals surface area (Å²) in [5.41, 5.74) is 0.820. The van der Waals surface area contributed by atoms with Gasteiger partial charge in [0.1, 0.15) is 0 Å². The van der Waals surface area contributed by atoms with Crippen LogP contribution < -0.4 is 0 Å². The van der Waals surface area contributed by atoms with Gasteiger partial charge in [-0.2, -0.15) is 4.68 Å². The smallest absolute Gasteiger partial charge is 0.233 e. The van der Waals surface area contributed by atoms with Crippen molar-refractivity contribution in [2.75, 3.05) is 12.3 Å². The molecule has 6 nitrogen and oxygen atoms in total. The monoisotopic (exact) mass is 351 g/mol. The summed E-state index contributed by atoms with van der Waals surface area (Å²) < 4.78 is 1.62. The zero-order valence-electron chi connectivity index (χ0n) is 12.9. The van der Waals surface area contributed by atoms with Crippen molar-refractivity contribution >= 4 is 29.3 Å². The Labute approximate surface area is 144 Å². The molecule has 122 valence electrons. The number of nitrogens with zero attached hydrogens (tertiary/aromatic N) is 5. The minimum atomic E-state index is 0.146. The van der Waals surface area contributed by atoms with E-state index in [1.165, 1.54) is 18.2 Å². The fourth-order valence-electron chi connectivity index (χ4n) is 2.69. The first-order valence-electron chi connectivity index (χ1n) is 7.62. The van der Waals surface area contributed by atoms with Crippen LogP contribution in [0.3, 0.4) is 0 Å². The molecule has 0 aliphatic carbocycles. The highest BCUT2D eigenvalue weighted by Crippen LogP contribution is 2.22. The Morgan fingerprint density at radius 1 is 1.35 bits per heavy atom. The lowest BCUT2D eigenvalue weighted by atomic mass is 10.0. The van der Waals surface area contributed by atoms with E-state index in [0.29, 0.717) is 22.0 Å². The molecule has 0 unspecified atom stereocenters. The molecule has 0 N–H and O–H groups in total. The van der Waals surface area contributed by atoms with Crippen molar-refractivity contribution in [3.8, 4) is 5.69 Å². The van der Waals surface area contributed by atoms with E-state index in [0.717, 1.165) is 25.1 Å². The van der Waals surface area contributed by atoms with Crippen molar-refractivity contribution in [2.24, 2.45) is 0 Å². The second-order valence-electron chi connectivity index (χ2n) is 5.57. The van der Waals surface area contributed by atoms with Gasteiger partial charge in [0.25, 0.3) is 0 Å². The molecule has 0 saturated carbocycles. The lowest BCUT2D eigenvalue weighted by molar-refractivity contribution is -0.131. The summed E-state index contributed by atoms with van der Waals surface area (Å²) in [7, 11) is 0. The van der Waals surface area contributed by atoms with Crippen molar-refractivity contribution in [3.05, 3.63) is 29.3 Å². The van der Waals surface area contributed by atoms with Gasteiger partial charge in [-0.15, -0.1) is 5.10 Å². The van der Waals surface area contributed by atoms with E-state index in [-0.39, 0.29) is 5.91 Å². The molecule has 2 aromatic rings. The molecule has 1 fully saturated rings. The average molecular weight is 352 g/mol. The molecule has 1 aromatic carbocycles. The minimum absolute atomic E-state index is 0.146. The van der Waals surface area contributed by atoms with Gasteiger partial charge < -0.3 is 4.90 Å². The second kappa shape index (κ2) is 7.31. The molecule has 1 atom stereocenters. The number of benzene rings is 1. The van der Waals surface area contributed by atoms with Gasteiger partial charge in [0.2, 0.25) is 11.1 Å². The van der Waals surface area contributed by atoms with Crippen LogP contribution in [0.1, 0.15) is 26.2 Å².